The molecule has 0 saturated heterocycles. The second kappa shape index (κ2) is 9.96. The van der Waals surface area contributed by atoms with Crippen LogP contribution in [0, 0.1) is 13.8 Å². The second-order valence-corrected chi connectivity index (χ2v) is 9.01. The molecular formula is C27H28N2O2S. The van der Waals surface area contributed by atoms with Gasteiger partial charge in [0.15, 0.2) is 5.13 Å². The topological polar surface area (TPSA) is 42.4 Å². The fourth-order valence-corrected chi connectivity index (χ4v) is 4.67. The summed E-state index contributed by atoms with van der Waals surface area (Å²) < 4.78 is 6.87. The number of thiazole rings is 1. The molecule has 0 aliphatic rings. The van der Waals surface area contributed by atoms with Crippen LogP contribution in [0.4, 0.5) is 5.13 Å². The zero-order valence-electron chi connectivity index (χ0n) is 18.8. The highest BCUT2D eigenvalue weighted by molar-refractivity contribution is 7.22. The number of amides is 1. The van der Waals surface area contributed by atoms with E-state index in [2.05, 4.69) is 32.9 Å². The van der Waals surface area contributed by atoms with Gasteiger partial charge >= 0.3 is 0 Å². The first-order valence-electron chi connectivity index (χ1n) is 11.0. The van der Waals surface area contributed by atoms with Crippen molar-refractivity contribution in [3.8, 4) is 5.75 Å². The molecule has 0 N–H and O–H groups in total. The molecule has 0 spiro atoms. The molecule has 1 amide bonds. The summed E-state index contributed by atoms with van der Waals surface area (Å²) in [5, 5.41) is 0.714. The summed E-state index contributed by atoms with van der Waals surface area (Å²) in [6.07, 6.45) is 2.11. The highest BCUT2D eigenvalue weighted by Crippen LogP contribution is 2.33. The number of hydrogen-bond acceptors (Lipinski definition) is 4. The molecule has 1 aromatic heterocycles. The largest absolute Gasteiger partial charge is 0.494 e. The molecule has 0 fully saturated rings. The van der Waals surface area contributed by atoms with E-state index in [9.17, 15) is 4.79 Å². The van der Waals surface area contributed by atoms with Crippen LogP contribution in [0.1, 0.15) is 46.8 Å². The smallest absolute Gasteiger partial charge is 0.260 e. The van der Waals surface area contributed by atoms with Crippen molar-refractivity contribution < 1.29 is 9.53 Å². The van der Waals surface area contributed by atoms with E-state index < -0.39 is 0 Å². The number of carbonyl (C=O) groups is 1. The molecule has 0 aliphatic heterocycles. The van der Waals surface area contributed by atoms with Gasteiger partial charge in [0.05, 0.1) is 23.4 Å². The molecule has 4 aromatic rings. The molecule has 4 rings (SSSR count). The van der Waals surface area contributed by atoms with Crippen LogP contribution < -0.4 is 9.64 Å². The fourth-order valence-electron chi connectivity index (χ4n) is 3.66. The number of fused-ring (bicyclic) bond motifs is 1. The van der Waals surface area contributed by atoms with Crippen LogP contribution in [0.3, 0.4) is 0 Å². The number of benzene rings is 3. The van der Waals surface area contributed by atoms with Crippen LogP contribution in [-0.2, 0) is 6.54 Å². The number of ether oxygens (including phenoxy) is 1. The first-order valence-corrected chi connectivity index (χ1v) is 11.8. The quantitative estimate of drug-likeness (QED) is 0.276. The average molecular weight is 445 g/mol. The van der Waals surface area contributed by atoms with E-state index in [1.807, 2.05) is 54.6 Å². The zero-order valence-corrected chi connectivity index (χ0v) is 19.6. The number of nitrogens with zero attached hydrogens (tertiary/aromatic N) is 2. The highest BCUT2D eigenvalue weighted by Gasteiger charge is 2.22. The van der Waals surface area contributed by atoms with Crippen molar-refractivity contribution in [2.24, 2.45) is 0 Å². The van der Waals surface area contributed by atoms with E-state index in [0.717, 1.165) is 34.4 Å². The van der Waals surface area contributed by atoms with Crippen LogP contribution in [0.5, 0.6) is 5.75 Å². The Morgan fingerprint density at radius 1 is 1.03 bits per heavy atom. The maximum atomic E-state index is 13.6. The summed E-state index contributed by atoms with van der Waals surface area (Å²) in [5.74, 6) is 0.720. The number of anilines is 1. The highest BCUT2D eigenvalue weighted by atomic mass is 32.1. The summed E-state index contributed by atoms with van der Waals surface area (Å²) in [6.45, 7) is 7.46. The van der Waals surface area contributed by atoms with Crippen molar-refractivity contribution in [1.82, 2.24) is 4.98 Å². The van der Waals surface area contributed by atoms with Gasteiger partial charge in [-0.25, -0.2) is 4.98 Å². The Balaban J connectivity index is 1.66. The van der Waals surface area contributed by atoms with Gasteiger partial charge < -0.3 is 4.74 Å². The molecule has 5 heteroatoms. The number of unbranched alkanes of at least 4 members (excludes halogenated alkanes) is 1. The van der Waals surface area contributed by atoms with Crippen molar-refractivity contribution in [2.75, 3.05) is 11.5 Å². The summed E-state index contributed by atoms with van der Waals surface area (Å²) in [4.78, 5) is 20.2. The Bertz CT molecular complexity index is 1200. The lowest BCUT2D eigenvalue weighted by atomic mass is 10.1. The Morgan fingerprint density at radius 2 is 1.78 bits per heavy atom. The number of aromatic nitrogens is 1. The van der Waals surface area contributed by atoms with Crippen molar-refractivity contribution in [3.63, 3.8) is 0 Å². The van der Waals surface area contributed by atoms with Gasteiger partial charge in [-0.15, -0.1) is 0 Å². The molecule has 4 nitrogen and oxygen atoms in total. The molecule has 1 heterocycles. The van der Waals surface area contributed by atoms with Crippen LogP contribution in [-0.4, -0.2) is 17.5 Å². The van der Waals surface area contributed by atoms with Crippen molar-refractivity contribution in [3.05, 3.63) is 89.0 Å². The standard InChI is InChI=1S/C27H28N2O2S/c1-4-5-15-31-23-13-11-22(12-14-23)26(30)29(18-21-9-7-6-8-10-21)27-28-24-17-19(2)16-20(3)25(24)32-27/h6-14,16-17H,4-5,15,18H2,1-3H3. The summed E-state index contributed by atoms with van der Waals surface area (Å²) in [5.41, 5.74) is 4.98. The molecule has 0 aliphatic carbocycles. The van der Waals surface area contributed by atoms with Crippen molar-refractivity contribution in [2.45, 2.75) is 40.2 Å². The van der Waals surface area contributed by atoms with Gasteiger partial charge in [0.1, 0.15) is 5.75 Å². The first kappa shape index (κ1) is 22.0. The van der Waals surface area contributed by atoms with E-state index in [-0.39, 0.29) is 5.91 Å². The van der Waals surface area contributed by atoms with E-state index in [4.69, 9.17) is 9.72 Å². The SMILES string of the molecule is CCCCOc1ccc(C(=O)N(Cc2ccccc2)c2nc3cc(C)cc(C)c3s2)cc1. The van der Waals surface area contributed by atoms with Gasteiger partial charge in [-0.3, -0.25) is 9.69 Å². The molecule has 0 saturated carbocycles. The lowest BCUT2D eigenvalue weighted by Gasteiger charge is -2.20. The van der Waals surface area contributed by atoms with Crippen LogP contribution >= 0.6 is 11.3 Å². The molecule has 0 radical (unpaired) electrons. The maximum Gasteiger partial charge on any atom is 0.260 e. The minimum absolute atomic E-state index is 0.0672. The predicted octanol–water partition coefficient (Wildman–Crippen LogP) is 6.94. The monoisotopic (exact) mass is 444 g/mol. The third-order valence-electron chi connectivity index (χ3n) is 5.34. The summed E-state index contributed by atoms with van der Waals surface area (Å²) >= 11 is 1.57. The minimum atomic E-state index is -0.0672. The van der Waals surface area contributed by atoms with E-state index >= 15 is 0 Å². The summed E-state index contributed by atoms with van der Waals surface area (Å²) in [7, 11) is 0. The third kappa shape index (κ3) is 5.00. The van der Waals surface area contributed by atoms with Gasteiger partial charge in [-0.2, -0.15) is 0 Å². The van der Waals surface area contributed by atoms with Crippen LogP contribution in [0.2, 0.25) is 0 Å². The Morgan fingerprint density at radius 3 is 2.50 bits per heavy atom. The van der Waals surface area contributed by atoms with Gasteiger partial charge in [0.25, 0.3) is 5.91 Å². The van der Waals surface area contributed by atoms with Gasteiger partial charge in [0.2, 0.25) is 0 Å². The number of aryl methyl sites for hydroxylation is 2. The zero-order chi connectivity index (χ0) is 22.5. The molecule has 0 atom stereocenters. The van der Waals surface area contributed by atoms with Crippen molar-refractivity contribution in [1.29, 1.82) is 0 Å². The van der Waals surface area contributed by atoms with E-state index in [0.29, 0.717) is 23.8 Å². The predicted molar refractivity (Wildman–Crippen MR) is 133 cm³/mol. The molecule has 32 heavy (non-hydrogen) atoms. The van der Waals surface area contributed by atoms with Crippen LogP contribution in [0.15, 0.2) is 66.7 Å². The lowest BCUT2D eigenvalue weighted by molar-refractivity contribution is 0.0985. The molecule has 3 aromatic carbocycles. The minimum Gasteiger partial charge on any atom is -0.494 e. The number of rotatable bonds is 8. The van der Waals surface area contributed by atoms with Gasteiger partial charge in [-0.05, 0) is 67.3 Å². The first-order chi connectivity index (χ1) is 15.5. The molecule has 0 bridgehead atoms. The fraction of sp³-hybridized carbons (Fsp3) is 0.259. The van der Waals surface area contributed by atoms with Gasteiger partial charge in [0, 0.05) is 5.56 Å². The van der Waals surface area contributed by atoms with E-state index in [1.165, 1.54) is 11.1 Å². The lowest BCUT2D eigenvalue weighted by Crippen LogP contribution is -2.30. The Kier molecular flexibility index (Phi) is 6.86. The Labute approximate surface area is 193 Å². The number of carbonyl (C=O) groups excluding carboxylic acids is 1. The second-order valence-electron chi connectivity index (χ2n) is 8.03. The molecule has 0 unspecified atom stereocenters. The van der Waals surface area contributed by atoms with E-state index in [1.54, 1.807) is 16.2 Å². The summed E-state index contributed by atoms with van der Waals surface area (Å²) in [6, 6.07) is 21.7. The maximum absolute atomic E-state index is 13.6. The van der Waals surface area contributed by atoms with Crippen molar-refractivity contribution >= 4 is 32.6 Å². The Hall–Kier alpha value is -3.18. The third-order valence-corrected chi connectivity index (χ3v) is 6.57. The molecular weight excluding hydrogens is 416 g/mol. The molecule has 164 valence electrons. The van der Waals surface area contributed by atoms with Crippen LogP contribution in [0.25, 0.3) is 10.2 Å². The number of hydrogen-bond donors (Lipinski definition) is 0. The van der Waals surface area contributed by atoms with Gasteiger partial charge in [-0.1, -0.05) is 61.1 Å². The normalized spacial score (nSPS) is 11.0. The average Bonchev–Trinajstić information content (AvgIpc) is 3.22.